The molecule has 0 radical (unpaired) electrons. The molecule has 26 heavy (non-hydrogen) atoms. The van der Waals surface area contributed by atoms with Crippen LogP contribution in [0, 0.1) is 0 Å². The molecule has 0 aliphatic carbocycles. The minimum atomic E-state index is -4.70. The first-order valence-electron chi connectivity index (χ1n) is 8.03. The number of nitrogens with two attached hydrogens (primary N) is 1. The molecule has 0 aliphatic rings. The number of nitrogens with zero attached hydrogens (tertiary/aromatic N) is 3. The second-order valence-electron chi connectivity index (χ2n) is 5.69. The molecule has 2 atom stereocenters. The van der Waals surface area contributed by atoms with Crippen molar-refractivity contribution in [1.29, 1.82) is 0 Å². The van der Waals surface area contributed by atoms with Crippen LogP contribution in [0.15, 0.2) is 35.5 Å². The van der Waals surface area contributed by atoms with E-state index in [1.54, 1.807) is 6.92 Å². The third-order valence-corrected chi connectivity index (χ3v) is 4.72. The molecule has 0 bridgehead atoms. The molecule has 2 rings (SSSR count). The number of carbonyl (C=O) groups excluding carboxylic acids is 1. The maximum Gasteiger partial charge on any atom is 0.453 e. The number of nitrogen functional groups attached to an aromatic ring is 1. The summed E-state index contributed by atoms with van der Waals surface area (Å²) in [5.41, 5.74) is 0.973. The highest BCUT2D eigenvalue weighted by atomic mass is 32.2. The van der Waals surface area contributed by atoms with Crippen molar-refractivity contribution in [1.82, 2.24) is 20.2 Å². The van der Waals surface area contributed by atoms with Crippen LogP contribution < -0.4 is 11.2 Å². The summed E-state index contributed by atoms with van der Waals surface area (Å²) in [5.74, 6) is 3.78. The minimum Gasteiger partial charge on any atom is -0.348 e. The Bertz CT molecular complexity index is 735. The van der Waals surface area contributed by atoms with Gasteiger partial charge in [-0.05, 0) is 18.9 Å². The summed E-state index contributed by atoms with van der Waals surface area (Å²) in [6.45, 7) is 3.59. The highest BCUT2D eigenvalue weighted by Crippen LogP contribution is 2.30. The lowest BCUT2D eigenvalue weighted by molar-refractivity contribution is -0.146. The van der Waals surface area contributed by atoms with Gasteiger partial charge in [-0.3, -0.25) is 4.79 Å². The van der Waals surface area contributed by atoms with Crippen LogP contribution in [0.5, 0.6) is 0 Å². The van der Waals surface area contributed by atoms with Crippen molar-refractivity contribution in [2.24, 2.45) is 0 Å². The Hall–Kier alpha value is -2.23. The van der Waals surface area contributed by atoms with Gasteiger partial charge in [-0.2, -0.15) is 13.2 Å². The summed E-state index contributed by atoms with van der Waals surface area (Å²) in [4.78, 5) is 12.5. The van der Waals surface area contributed by atoms with E-state index in [0.717, 1.165) is 30.2 Å². The Labute approximate surface area is 153 Å². The van der Waals surface area contributed by atoms with Gasteiger partial charge in [0.1, 0.15) is 0 Å². The van der Waals surface area contributed by atoms with Crippen LogP contribution in [0.2, 0.25) is 0 Å². The third kappa shape index (κ3) is 4.90. The van der Waals surface area contributed by atoms with Gasteiger partial charge in [-0.1, -0.05) is 55.4 Å². The lowest BCUT2D eigenvalue weighted by atomic mass is 10.0. The number of nitrogens with one attached hydrogen (secondary N) is 1. The van der Waals surface area contributed by atoms with Crippen LogP contribution in [0.4, 0.5) is 13.2 Å². The average molecular weight is 387 g/mol. The van der Waals surface area contributed by atoms with Gasteiger partial charge >= 0.3 is 6.18 Å². The fourth-order valence-electron chi connectivity index (χ4n) is 2.35. The first kappa shape index (κ1) is 20.1. The van der Waals surface area contributed by atoms with Crippen LogP contribution in [-0.4, -0.2) is 26.0 Å². The summed E-state index contributed by atoms with van der Waals surface area (Å²) in [6.07, 6.45) is -3.09. The Kier molecular flexibility index (Phi) is 6.52. The topological polar surface area (TPSA) is 85.8 Å². The summed E-state index contributed by atoms with van der Waals surface area (Å²) in [6, 6.07) is 9.34. The highest BCUT2D eigenvalue weighted by molar-refractivity contribution is 8.00. The molecule has 1 heterocycles. The number of halogens is 3. The van der Waals surface area contributed by atoms with Crippen LogP contribution in [0.3, 0.4) is 0 Å². The number of benzene rings is 1. The average Bonchev–Trinajstić information content (AvgIpc) is 2.96. The molecule has 0 fully saturated rings. The van der Waals surface area contributed by atoms with Crippen molar-refractivity contribution in [3.63, 3.8) is 0 Å². The van der Waals surface area contributed by atoms with Crippen LogP contribution in [-0.2, 0) is 11.0 Å². The zero-order valence-corrected chi connectivity index (χ0v) is 15.1. The molecule has 3 N–H and O–H groups in total. The smallest absolute Gasteiger partial charge is 0.348 e. The van der Waals surface area contributed by atoms with E-state index in [1.807, 2.05) is 37.3 Å². The molecule has 2 unspecified atom stereocenters. The number of hydrogen-bond donors (Lipinski definition) is 2. The monoisotopic (exact) mass is 387 g/mol. The van der Waals surface area contributed by atoms with E-state index >= 15 is 0 Å². The first-order valence-corrected chi connectivity index (χ1v) is 8.91. The molecule has 2 aromatic rings. The Morgan fingerprint density at radius 3 is 2.50 bits per heavy atom. The number of thioether (sulfide) groups is 1. The van der Waals surface area contributed by atoms with Crippen LogP contribution >= 0.6 is 11.8 Å². The number of rotatable bonds is 7. The summed E-state index contributed by atoms with van der Waals surface area (Å²) in [7, 11) is 0. The Morgan fingerprint density at radius 1 is 1.31 bits per heavy atom. The van der Waals surface area contributed by atoms with Gasteiger partial charge in [0.2, 0.25) is 11.1 Å². The first-order chi connectivity index (χ1) is 12.2. The molecule has 6 nitrogen and oxygen atoms in total. The summed E-state index contributed by atoms with van der Waals surface area (Å²) >= 11 is 0.823. The molecule has 10 heteroatoms. The molecule has 1 amide bonds. The van der Waals surface area contributed by atoms with Crippen molar-refractivity contribution in [2.75, 3.05) is 5.84 Å². The third-order valence-electron chi connectivity index (χ3n) is 3.67. The largest absolute Gasteiger partial charge is 0.453 e. The lowest BCUT2D eigenvalue weighted by Crippen LogP contribution is -2.34. The molecule has 0 aliphatic heterocycles. The lowest BCUT2D eigenvalue weighted by Gasteiger charge is -2.21. The standard InChI is InChI=1S/C16H20F3N5OS/c1-3-7-12(11-8-5-4-6-9-11)21-13(25)10(2)26-15-23-22-14(24(15)20)16(17,18)19/h4-6,8-10,12H,3,7,20H2,1-2H3,(H,21,25). The number of alkyl halides is 3. The van der Waals surface area contributed by atoms with Gasteiger partial charge < -0.3 is 11.2 Å². The molecular formula is C16H20F3N5OS. The van der Waals surface area contributed by atoms with E-state index < -0.39 is 17.3 Å². The van der Waals surface area contributed by atoms with Gasteiger partial charge in [0.25, 0.3) is 5.82 Å². The van der Waals surface area contributed by atoms with E-state index in [4.69, 9.17) is 5.84 Å². The molecule has 1 aromatic heterocycles. The SMILES string of the molecule is CCCC(NC(=O)C(C)Sc1nnc(C(F)(F)F)n1N)c1ccccc1. The normalized spacial score (nSPS) is 14.0. The van der Waals surface area contributed by atoms with Gasteiger partial charge in [0.05, 0.1) is 11.3 Å². The van der Waals surface area contributed by atoms with Crippen molar-refractivity contribution >= 4 is 17.7 Å². The number of carbonyl (C=O) groups is 1. The molecule has 1 aromatic carbocycles. The molecular weight excluding hydrogens is 367 g/mol. The van der Waals surface area contributed by atoms with Crippen LogP contribution in [0.25, 0.3) is 0 Å². The number of amides is 1. The fraction of sp³-hybridized carbons (Fsp3) is 0.438. The predicted octanol–water partition coefficient (Wildman–Crippen LogP) is 3.15. The van der Waals surface area contributed by atoms with Crippen LogP contribution in [0.1, 0.15) is 44.1 Å². The van der Waals surface area contributed by atoms with E-state index in [2.05, 4.69) is 15.5 Å². The van der Waals surface area contributed by atoms with E-state index in [9.17, 15) is 18.0 Å². The molecule has 142 valence electrons. The zero-order valence-electron chi connectivity index (χ0n) is 14.3. The number of hydrogen-bond acceptors (Lipinski definition) is 5. The minimum absolute atomic E-state index is 0.168. The van der Waals surface area contributed by atoms with Crippen molar-refractivity contribution < 1.29 is 18.0 Å². The second-order valence-corrected chi connectivity index (χ2v) is 7.00. The summed E-state index contributed by atoms with van der Waals surface area (Å²) in [5, 5.41) is 8.54. The van der Waals surface area contributed by atoms with Gasteiger partial charge in [-0.15, -0.1) is 10.2 Å². The molecule has 0 spiro atoms. The molecule has 0 saturated carbocycles. The van der Waals surface area contributed by atoms with E-state index in [1.165, 1.54) is 0 Å². The van der Waals surface area contributed by atoms with E-state index in [0.29, 0.717) is 4.68 Å². The Balaban J connectivity index is 2.06. The Morgan fingerprint density at radius 2 is 1.96 bits per heavy atom. The molecule has 0 saturated heterocycles. The maximum atomic E-state index is 12.7. The van der Waals surface area contributed by atoms with Crippen molar-refractivity contribution in [3.05, 3.63) is 41.7 Å². The highest BCUT2D eigenvalue weighted by Gasteiger charge is 2.38. The quantitative estimate of drug-likeness (QED) is 0.563. The predicted molar refractivity (Wildman–Crippen MR) is 92.7 cm³/mol. The zero-order chi connectivity index (χ0) is 19.3. The van der Waals surface area contributed by atoms with Crippen molar-refractivity contribution in [2.45, 2.75) is 49.3 Å². The van der Waals surface area contributed by atoms with Gasteiger partial charge in [0.15, 0.2) is 0 Å². The van der Waals surface area contributed by atoms with E-state index in [-0.39, 0.29) is 17.1 Å². The fourth-order valence-corrected chi connectivity index (χ4v) is 3.13. The second kappa shape index (κ2) is 8.43. The maximum absolute atomic E-state index is 12.7. The van der Waals surface area contributed by atoms with Gasteiger partial charge in [-0.25, -0.2) is 4.68 Å². The van der Waals surface area contributed by atoms with Gasteiger partial charge in [0, 0.05) is 0 Å². The number of aromatic nitrogens is 3. The summed E-state index contributed by atoms with van der Waals surface area (Å²) < 4.78 is 38.5. The van der Waals surface area contributed by atoms with Crippen molar-refractivity contribution in [3.8, 4) is 0 Å².